The molecule has 1 N–H and O–H groups in total. The van der Waals surface area contributed by atoms with Crippen LogP contribution < -0.4 is 5.32 Å². The molecule has 7 heteroatoms. The van der Waals surface area contributed by atoms with Crippen molar-refractivity contribution in [1.29, 1.82) is 0 Å². The maximum absolute atomic E-state index is 13.4. The highest BCUT2D eigenvalue weighted by Crippen LogP contribution is 2.42. The summed E-state index contributed by atoms with van der Waals surface area (Å²) in [6, 6.07) is 6.17. The van der Waals surface area contributed by atoms with Crippen molar-refractivity contribution in [2.24, 2.45) is 5.92 Å². The van der Waals surface area contributed by atoms with Crippen LogP contribution in [-0.4, -0.2) is 50.7 Å². The summed E-state index contributed by atoms with van der Waals surface area (Å²) < 4.78 is 25.4. The Labute approximate surface area is 154 Å². The van der Waals surface area contributed by atoms with Crippen molar-refractivity contribution < 1.29 is 13.2 Å². The largest absolute Gasteiger partial charge is 0.341 e. The van der Waals surface area contributed by atoms with Crippen molar-refractivity contribution in [2.75, 3.05) is 26.7 Å². The third-order valence-electron chi connectivity index (χ3n) is 5.51. The van der Waals surface area contributed by atoms with Crippen molar-refractivity contribution in [3.05, 3.63) is 29.3 Å². The first-order valence-electron chi connectivity index (χ1n) is 8.85. The molecule has 1 aromatic carbocycles. The molecule has 3 rings (SSSR count). The Hall–Kier alpha value is -1.11. The van der Waals surface area contributed by atoms with E-state index >= 15 is 0 Å². The van der Waals surface area contributed by atoms with E-state index in [4.69, 9.17) is 11.6 Å². The minimum absolute atomic E-state index is 0.193. The Morgan fingerprint density at radius 1 is 1.28 bits per heavy atom. The van der Waals surface area contributed by atoms with E-state index in [1.165, 1.54) is 12.1 Å². The Morgan fingerprint density at radius 2 is 1.92 bits per heavy atom. The first-order chi connectivity index (χ1) is 11.9. The molecular formula is C18H25ClN2O3S. The van der Waals surface area contributed by atoms with Gasteiger partial charge in [0.05, 0.1) is 4.90 Å². The highest BCUT2D eigenvalue weighted by Gasteiger charge is 2.55. The number of amides is 1. The average molecular weight is 385 g/mol. The van der Waals surface area contributed by atoms with Gasteiger partial charge < -0.3 is 10.2 Å². The van der Waals surface area contributed by atoms with Gasteiger partial charge in [0.25, 0.3) is 0 Å². The summed E-state index contributed by atoms with van der Waals surface area (Å²) in [6.45, 7) is 2.13. The van der Waals surface area contributed by atoms with Crippen LogP contribution in [0.5, 0.6) is 0 Å². The maximum atomic E-state index is 13.4. The highest BCUT2D eigenvalue weighted by atomic mass is 35.5. The molecule has 1 saturated heterocycles. The summed E-state index contributed by atoms with van der Waals surface area (Å²) in [5, 5.41) is 3.63. The predicted molar refractivity (Wildman–Crippen MR) is 98.5 cm³/mol. The zero-order chi connectivity index (χ0) is 18.1. The third-order valence-corrected chi connectivity index (χ3v) is 8.26. The number of hydrogen-bond donors (Lipinski definition) is 1. The molecule has 2 aliphatic rings. The van der Waals surface area contributed by atoms with Crippen LogP contribution in [0.4, 0.5) is 0 Å². The van der Waals surface area contributed by atoms with Crippen LogP contribution in [-0.2, 0) is 14.6 Å². The van der Waals surface area contributed by atoms with Crippen LogP contribution in [0.25, 0.3) is 0 Å². The molecule has 1 heterocycles. The lowest BCUT2D eigenvalue weighted by Gasteiger charge is -2.32. The van der Waals surface area contributed by atoms with Gasteiger partial charge in [0.1, 0.15) is 0 Å². The summed E-state index contributed by atoms with van der Waals surface area (Å²) in [4.78, 5) is 15.3. The lowest BCUT2D eigenvalue weighted by Crippen LogP contribution is -2.51. The van der Waals surface area contributed by atoms with E-state index in [1.807, 2.05) is 7.05 Å². The average Bonchev–Trinajstić information content (AvgIpc) is 3.25. The van der Waals surface area contributed by atoms with E-state index in [0.29, 0.717) is 36.9 Å². The molecule has 0 aromatic heterocycles. The van der Waals surface area contributed by atoms with Crippen molar-refractivity contribution >= 4 is 27.3 Å². The van der Waals surface area contributed by atoms with Gasteiger partial charge in [-0.05, 0) is 63.0 Å². The fourth-order valence-electron chi connectivity index (χ4n) is 4.14. The topological polar surface area (TPSA) is 66.5 Å². The van der Waals surface area contributed by atoms with Gasteiger partial charge in [0.2, 0.25) is 5.91 Å². The molecular weight excluding hydrogens is 360 g/mol. The van der Waals surface area contributed by atoms with Crippen molar-refractivity contribution in [2.45, 2.75) is 41.7 Å². The molecule has 1 aliphatic carbocycles. The van der Waals surface area contributed by atoms with Crippen LogP contribution in [0.3, 0.4) is 0 Å². The monoisotopic (exact) mass is 384 g/mol. The fourth-order valence-corrected chi connectivity index (χ4v) is 6.40. The van der Waals surface area contributed by atoms with E-state index < -0.39 is 14.6 Å². The van der Waals surface area contributed by atoms with Gasteiger partial charge >= 0.3 is 0 Å². The zero-order valence-corrected chi connectivity index (χ0v) is 16.1. The summed E-state index contributed by atoms with van der Waals surface area (Å²) in [5.74, 6) is 0.184. The molecule has 2 fully saturated rings. The number of nitrogens with one attached hydrogen (secondary N) is 1. The summed E-state index contributed by atoms with van der Waals surface area (Å²) in [5.41, 5.74) is 0. The van der Waals surface area contributed by atoms with Gasteiger partial charge in [-0.15, -0.1) is 0 Å². The maximum Gasteiger partial charge on any atom is 0.244 e. The number of rotatable bonds is 5. The summed E-state index contributed by atoms with van der Waals surface area (Å²) in [7, 11) is -1.85. The smallest absolute Gasteiger partial charge is 0.244 e. The molecule has 1 amide bonds. The van der Waals surface area contributed by atoms with Crippen LogP contribution in [0.2, 0.25) is 5.02 Å². The molecule has 138 valence electrons. The highest BCUT2D eigenvalue weighted by molar-refractivity contribution is 7.93. The van der Waals surface area contributed by atoms with E-state index in [0.717, 1.165) is 25.8 Å². The van der Waals surface area contributed by atoms with E-state index in [2.05, 4.69) is 5.32 Å². The number of benzene rings is 1. The fraction of sp³-hybridized carbons (Fsp3) is 0.611. The molecule has 1 saturated carbocycles. The zero-order valence-electron chi connectivity index (χ0n) is 14.5. The van der Waals surface area contributed by atoms with Gasteiger partial charge in [-0.1, -0.05) is 24.4 Å². The van der Waals surface area contributed by atoms with Gasteiger partial charge in [0.15, 0.2) is 14.6 Å². The second kappa shape index (κ2) is 7.25. The number of carbonyl (C=O) groups excluding carboxylic acids is 1. The van der Waals surface area contributed by atoms with Gasteiger partial charge in [-0.25, -0.2) is 8.42 Å². The van der Waals surface area contributed by atoms with Crippen LogP contribution >= 0.6 is 11.6 Å². The first kappa shape index (κ1) is 18.7. The van der Waals surface area contributed by atoms with Gasteiger partial charge in [-0.2, -0.15) is 0 Å². The van der Waals surface area contributed by atoms with Gasteiger partial charge in [0, 0.05) is 18.1 Å². The normalized spacial score (nSPS) is 23.1. The minimum Gasteiger partial charge on any atom is -0.341 e. The van der Waals surface area contributed by atoms with Crippen molar-refractivity contribution in [3.63, 3.8) is 0 Å². The molecule has 0 radical (unpaired) electrons. The SMILES string of the molecule is CNCC1CCN(C(=O)C2(S(=O)(=O)c3ccc(Cl)cc3)CCCC2)C1. The second-order valence-electron chi connectivity index (χ2n) is 7.12. The molecule has 0 spiro atoms. The Bertz CT molecular complexity index is 727. The third kappa shape index (κ3) is 3.32. The van der Waals surface area contributed by atoms with E-state index in [1.54, 1.807) is 17.0 Å². The first-order valence-corrected chi connectivity index (χ1v) is 10.7. The van der Waals surface area contributed by atoms with Crippen molar-refractivity contribution in [3.8, 4) is 0 Å². The molecule has 1 aliphatic heterocycles. The molecule has 1 aromatic rings. The Balaban J connectivity index is 1.91. The Kier molecular flexibility index (Phi) is 5.42. The minimum atomic E-state index is -3.75. The molecule has 1 atom stereocenters. The Morgan fingerprint density at radius 3 is 2.52 bits per heavy atom. The second-order valence-corrected chi connectivity index (χ2v) is 9.82. The molecule has 5 nitrogen and oxygen atoms in total. The number of nitrogens with zero attached hydrogens (tertiary/aromatic N) is 1. The molecule has 1 unspecified atom stereocenters. The number of likely N-dealkylation sites (tertiary alicyclic amines) is 1. The lowest BCUT2D eigenvalue weighted by molar-refractivity contribution is -0.133. The van der Waals surface area contributed by atoms with Crippen molar-refractivity contribution in [1.82, 2.24) is 10.2 Å². The van der Waals surface area contributed by atoms with E-state index in [9.17, 15) is 13.2 Å². The van der Waals surface area contributed by atoms with E-state index in [-0.39, 0.29) is 10.8 Å². The summed E-state index contributed by atoms with van der Waals surface area (Å²) >= 11 is 5.89. The van der Waals surface area contributed by atoms with Crippen LogP contribution in [0.1, 0.15) is 32.1 Å². The predicted octanol–water partition coefficient (Wildman–Crippen LogP) is 2.49. The lowest BCUT2D eigenvalue weighted by atomic mass is 10.1. The van der Waals surface area contributed by atoms with Crippen LogP contribution in [0.15, 0.2) is 29.2 Å². The number of halogens is 1. The standard InChI is InChI=1S/C18H25ClN2O3S/c1-20-12-14-8-11-21(13-14)17(22)18(9-2-3-10-18)25(23,24)16-6-4-15(19)5-7-16/h4-7,14,20H,2-3,8-13H2,1H3. The number of carbonyl (C=O) groups is 1. The number of sulfone groups is 1. The molecule has 25 heavy (non-hydrogen) atoms. The summed E-state index contributed by atoms with van der Waals surface area (Å²) in [6.07, 6.45) is 3.27. The molecule has 0 bridgehead atoms. The number of hydrogen-bond acceptors (Lipinski definition) is 4. The quantitative estimate of drug-likeness (QED) is 0.846. The van der Waals surface area contributed by atoms with Gasteiger partial charge in [-0.3, -0.25) is 4.79 Å². The van der Waals surface area contributed by atoms with Crippen LogP contribution in [0, 0.1) is 5.92 Å².